The maximum atomic E-state index is 5.65. The first-order valence-electron chi connectivity index (χ1n) is 7.97. The monoisotopic (exact) mass is 288 g/mol. The third-order valence-corrected chi connectivity index (χ3v) is 3.82. The van der Waals surface area contributed by atoms with Crippen molar-refractivity contribution in [2.75, 3.05) is 59.8 Å². The predicted octanol–water partition coefficient (Wildman–Crippen LogP) is 1.26. The summed E-state index contributed by atoms with van der Waals surface area (Å²) >= 11 is 0. The van der Waals surface area contributed by atoms with Gasteiger partial charge in [0.15, 0.2) is 0 Å². The van der Waals surface area contributed by atoms with Gasteiger partial charge in [0.2, 0.25) is 0 Å². The van der Waals surface area contributed by atoms with Crippen LogP contribution in [0.2, 0.25) is 0 Å². The molecular weight excluding hydrogens is 256 g/mol. The minimum Gasteiger partial charge on any atom is -0.382 e. The molecule has 0 atom stereocenters. The molecule has 1 fully saturated rings. The summed E-state index contributed by atoms with van der Waals surface area (Å²) in [6.07, 6.45) is 6.50. The van der Waals surface area contributed by atoms with Crippen molar-refractivity contribution in [3.05, 3.63) is 0 Å². The number of ether oxygens (including phenoxy) is 3. The molecule has 1 aliphatic rings. The van der Waals surface area contributed by atoms with Crippen LogP contribution in [-0.2, 0) is 14.2 Å². The van der Waals surface area contributed by atoms with Crippen molar-refractivity contribution in [1.82, 2.24) is 4.90 Å². The van der Waals surface area contributed by atoms with E-state index in [1.165, 1.54) is 25.7 Å². The van der Waals surface area contributed by atoms with E-state index in [2.05, 4.69) is 4.90 Å². The van der Waals surface area contributed by atoms with Crippen LogP contribution in [-0.4, -0.2) is 70.7 Å². The minimum absolute atomic E-state index is 0.643. The van der Waals surface area contributed by atoms with Crippen molar-refractivity contribution in [2.45, 2.75) is 38.1 Å². The molecule has 1 rings (SSSR count). The van der Waals surface area contributed by atoms with Gasteiger partial charge < -0.3 is 19.9 Å². The van der Waals surface area contributed by atoms with Gasteiger partial charge in [-0.25, -0.2) is 0 Å². The summed E-state index contributed by atoms with van der Waals surface area (Å²) in [6, 6.07) is 0.753. The average molecular weight is 288 g/mol. The molecule has 0 aromatic rings. The van der Waals surface area contributed by atoms with Crippen molar-refractivity contribution in [1.29, 1.82) is 0 Å². The van der Waals surface area contributed by atoms with Gasteiger partial charge in [-0.15, -0.1) is 0 Å². The third kappa shape index (κ3) is 8.17. The van der Waals surface area contributed by atoms with Gasteiger partial charge in [0.25, 0.3) is 0 Å². The fraction of sp³-hybridized carbons (Fsp3) is 1.00. The maximum absolute atomic E-state index is 5.65. The molecule has 0 saturated heterocycles. The highest BCUT2D eigenvalue weighted by Gasteiger charge is 2.21. The Bertz CT molecular complexity index is 211. The van der Waals surface area contributed by atoms with E-state index in [0.29, 0.717) is 26.4 Å². The van der Waals surface area contributed by atoms with E-state index in [1.807, 2.05) is 0 Å². The highest BCUT2D eigenvalue weighted by atomic mass is 16.5. The second-order valence-electron chi connectivity index (χ2n) is 5.33. The van der Waals surface area contributed by atoms with Gasteiger partial charge >= 0.3 is 0 Å². The van der Waals surface area contributed by atoms with Crippen LogP contribution in [0.15, 0.2) is 0 Å². The molecule has 5 heteroatoms. The third-order valence-electron chi connectivity index (χ3n) is 3.82. The quantitative estimate of drug-likeness (QED) is 0.517. The topological polar surface area (TPSA) is 57.0 Å². The van der Waals surface area contributed by atoms with Crippen LogP contribution >= 0.6 is 0 Å². The molecule has 2 N–H and O–H groups in total. The lowest BCUT2D eigenvalue weighted by molar-refractivity contribution is 0.0165. The summed E-state index contributed by atoms with van der Waals surface area (Å²) in [5.41, 5.74) is 5.63. The van der Waals surface area contributed by atoms with Gasteiger partial charge in [-0.05, 0) is 32.4 Å². The Morgan fingerprint density at radius 3 is 2.25 bits per heavy atom. The summed E-state index contributed by atoms with van der Waals surface area (Å²) in [6.45, 7) is 6.29. The zero-order valence-electron chi connectivity index (χ0n) is 13.0. The molecule has 0 bridgehead atoms. The molecular formula is C15H32N2O3. The van der Waals surface area contributed by atoms with Crippen molar-refractivity contribution >= 4 is 0 Å². The van der Waals surface area contributed by atoms with E-state index in [4.69, 9.17) is 19.9 Å². The zero-order chi connectivity index (χ0) is 14.5. The minimum atomic E-state index is 0.643. The number of hydrogen-bond acceptors (Lipinski definition) is 5. The lowest BCUT2D eigenvalue weighted by Crippen LogP contribution is -2.37. The lowest BCUT2D eigenvalue weighted by atomic mass is 10.2. The maximum Gasteiger partial charge on any atom is 0.0701 e. The van der Waals surface area contributed by atoms with Gasteiger partial charge in [-0.2, -0.15) is 0 Å². The van der Waals surface area contributed by atoms with Crippen LogP contribution < -0.4 is 5.73 Å². The average Bonchev–Trinajstić information content (AvgIpc) is 2.99. The summed E-state index contributed by atoms with van der Waals surface area (Å²) in [5.74, 6) is 0. The second-order valence-corrected chi connectivity index (χ2v) is 5.33. The molecule has 0 radical (unpaired) electrons. The molecule has 5 nitrogen and oxygen atoms in total. The van der Waals surface area contributed by atoms with E-state index in [0.717, 1.165) is 38.7 Å². The molecule has 0 unspecified atom stereocenters. The largest absolute Gasteiger partial charge is 0.382 e. The number of rotatable bonds is 13. The molecule has 0 amide bonds. The van der Waals surface area contributed by atoms with Crippen molar-refractivity contribution < 1.29 is 14.2 Å². The van der Waals surface area contributed by atoms with Crippen LogP contribution in [0.4, 0.5) is 0 Å². The van der Waals surface area contributed by atoms with Crippen molar-refractivity contribution in [2.24, 2.45) is 5.73 Å². The summed E-state index contributed by atoms with van der Waals surface area (Å²) in [7, 11) is 1.68. The Kier molecular flexibility index (Phi) is 11.2. The molecule has 0 heterocycles. The van der Waals surface area contributed by atoms with E-state index < -0.39 is 0 Å². The number of hydrogen-bond donors (Lipinski definition) is 1. The number of nitrogens with two attached hydrogens (primary N) is 1. The normalized spacial score (nSPS) is 16.4. The first kappa shape index (κ1) is 17.9. The van der Waals surface area contributed by atoms with Gasteiger partial charge in [0, 0.05) is 19.7 Å². The number of nitrogens with zero attached hydrogens (tertiary/aromatic N) is 1. The van der Waals surface area contributed by atoms with Gasteiger partial charge in [-0.3, -0.25) is 4.90 Å². The van der Waals surface area contributed by atoms with Gasteiger partial charge in [-0.1, -0.05) is 12.8 Å². The van der Waals surface area contributed by atoms with E-state index in [-0.39, 0.29) is 0 Å². The Morgan fingerprint density at radius 1 is 0.950 bits per heavy atom. The van der Waals surface area contributed by atoms with E-state index in [1.54, 1.807) is 7.11 Å². The Labute approximate surface area is 123 Å². The molecule has 120 valence electrons. The van der Waals surface area contributed by atoms with E-state index >= 15 is 0 Å². The molecule has 20 heavy (non-hydrogen) atoms. The molecule has 0 aliphatic heterocycles. The fourth-order valence-corrected chi connectivity index (χ4v) is 2.69. The Morgan fingerprint density at radius 2 is 1.60 bits per heavy atom. The molecule has 1 saturated carbocycles. The van der Waals surface area contributed by atoms with Gasteiger partial charge in [0.1, 0.15) is 0 Å². The molecule has 0 aromatic heterocycles. The SMILES string of the molecule is COCCOCCOCCN(CCCN)C1CCCC1. The molecule has 0 spiro atoms. The first-order chi connectivity index (χ1) is 9.88. The summed E-state index contributed by atoms with van der Waals surface area (Å²) in [4.78, 5) is 2.56. The lowest BCUT2D eigenvalue weighted by Gasteiger charge is -2.28. The van der Waals surface area contributed by atoms with Crippen LogP contribution in [0, 0.1) is 0 Å². The second kappa shape index (κ2) is 12.5. The summed E-state index contributed by atoms with van der Waals surface area (Å²) in [5, 5.41) is 0. The number of methoxy groups -OCH3 is 1. The van der Waals surface area contributed by atoms with Crippen LogP contribution in [0.3, 0.4) is 0 Å². The van der Waals surface area contributed by atoms with Gasteiger partial charge in [0.05, 0.1) is 33.0 Å². The Hall–Kier alpha value is -0.200. The first-order valence-corrected chi connectivity index (χ1v) is 7.97. The molecule has 0 aromatic carbocycles. The zero-order valence-corrected chi connectivity index (χ0v) is 13.0. The standard InChI is InChI=1S/C15H32N2O3/c1-18-11-12-20-14-13-19-10-9-17(8-4-7-16)15-5-2-3-6-15/h15H,2-14,16H2,1H3. The van der Waals surface area contributed by atoms with Crippen molar-refractivity contribution in [3.8, 4) is 0 Å². The van der Waals surface area contributed by atoms with Crippen molar-refractivity contribution in [3.63, 3.8) is 0 Å². The molecule has 1 aliphatic carbocycles. The van der Waals surface area contributed by atoms with Crippen LogP contribution in [0.1, 0.15) is 32.1 Å². The van der Waals surface area contributed by atoms with Crippen LogP contribution in [0.5, 0.6) is 0 Å². The smallest absolute Gasteiger partial charge is 0.0701 e. The highest BCUT2D eigenvalue weighted by molar-refractivity contribution is 4.77. The Balaban J connectivity index is 2.02. The fourth-order valence-electron chi connectivity index (χ4n) is 2.69. The highest BCUT2D eigenvalue weighted by Crippen LogP contribution is 2.23. The van der Waals surface area contributed by atoms with Crippen LogP contribution in [0.25, 0.3) is 0 Å². The predicted molar refractivity (Wildman–Crippen MR) is 81.0 cm³/mol. The van der Waals surface area contributed by atoms with E-state index in [9.17, 15) is 0 Å². The summed E-state index contributed by atoms with van der Waals surface area (Å²) < 4.78 is 15.9.